The number of carbonyl (C=O) groups excluding carboxylic acids is 1. The Labute approximate surface area is 102 Å². The fourth-order valence-corrected chi connectivity index (χ4v) is 1.34. The van der Waals surface area contributed by atoms with E-state index in [0.29, 0.717) is 18.0 Å². The van der Waals surface area contributed by atoms with E-state index in [1.54, 1.807) is 0 Å². The van der Waals surface area contributed by atoms with Gasteiger partial charge in [0.15, 0.2) is 0 Å². The summed E-state index contributed by atoms with van der Waals surface area (Å²) in [5, 5.41) is 5.63. The van der Waals surface area contributed by atoms with E-state index < -0.39 is 0 Å². The summed E-state index contributed by atoms with van der Waals surface area (Å²) in [6.45, 7) is 6.48. The van der Waals surface area contributed by atoms with Crippen LogP contribution in [0.2, 0.25) is 0 Å². The maximum atomic E-state index is 11.7. The van der Waals surface area contributed by atoms with Gasteiger partial charge < -0.3 is 15.4 Å². The molecule has 2 N–H and O–H groups in total. The summed E-state index contributed by atoms with van der Waals surface area (Å²) >= 11 is 0. The van der Waals surface area contributed by atoms with Crippen LogP contribution in [-0.2, 0) is 0 Å². The second-order valence-corrected chi connectivity index (χ2v) is 3.84. The molecule has 0 fully saturated rings. The molecule has 0 unspecified atom stereocenters. The van der Waals surface area contributed by atoms with E-state index in [9.17, 15) is 4.79 Å². The molecule has 94 valence electrons. The molecule has 0 spiro atoms. The minimum atomic E-state index is -0.202. The minimum absolute atomic E-state index is 0.161. The molecule has 1 rings (SSSR count). The van der Waals surface area contributed by atoms with Crippen molar-refractivity contribution in [3.05, 3.63) is 24.3 Å². The van der Waals surface area contributed by atoms with Gasteiger partial charge >= 0.3 is 6.03 Å². The molecular weight excluding hydrogens is 216 g/mol. The first-order valence-electron chi connectivity index (χ1n) is 5.96. The molecule has 1 atom stereocenters. The third-order valence-electron chi connectivity index (χ3n) is 2.42. The molecule has 4 nitrogen and oxygen atoms in total. The van der Waals surface area contributed by atoms with Crippen molar-refractivity contribution >= 4 is 11.7 Å². The average Bonchev–Trinajstić information content (AvgIpc) is 2.31. The van der Waals surface area contributed by atoms with Gasteiger partial charge in [0, 0.05) is 6.04 Å². The molecule has 0 aliphatic rings. The first kappa shape index (κ1) is 13.4. The Hall–Kier alpha value is -1.71. The Bertz CT molecular complexity index is 366. The standard InChI is InChI=1S/C13H20N2O2/c1-4-10(3)14-13(16)15-11-8-6-7-9-12(11)17-5-2/h6-10H,4-5H2,1-3H3,(H2,14,15,16)/t10-/m0/s1. The molecule has 4 heteroatoms. The summed E-state index contributed by atoms with van der Waals surface area (Å²) in [6.07, 6.45) is 0.903. The first-order valence-corrected chi connectivity index (χ1v) is 5.96. The smallest absolute Gasteiger partial charge is 0.319 e. The number of benzene rings is 1. The molecule has 2 amide bonds. The van der Waals surface area contributed by atoms with Crippen LogP contribution in [0.25, 0.3) is 0 Å². The van der Waals surface area contributed by atoms with Crippen LogP contribution in [0.4, 0.5) is 10.5 Å². The van der Waals surface area contributed by atoms with Gasteiger partial charge in [-0.15, -0.1) is 0 Å². The van der Waals surface area contributed by atoms with E-state index in [4.69, 9.17) is 4.74 Å². The van der Waals surface area contributed by atoms with Gasteiger partial charge in [-0.05, 0) is 32.4 Å². The van der Waals surface area contributed by atoms with Gasteiger partial charge in [0.25, 0.3) is 0 Å². The van der Waals surface area contributed by atoms with Crippen molar-refractivity contribution in [1.29, 1.82) is 0 Å². The number of hydrogen-bond donors (Lipinski definition) is 2. The summed E-state index contributed by atoms with van der Waals surface area (Å²) in [7, 11) is 0. The molecular formula is C13H20N2O2. The molecule has 0 saturated heterocycles. The van der Waals surface area contributed by atoms with Crippen LogP contribution >= 0.6 is 0 Å². The molecule has 0 bridgehead atoms. The summed E-state index contributed by atoms with van der Waals surface area (Å²) < 4.78 is 5.43. The second kappa shape index (κ2) is 6.78. The van der Waals surface area contributed by atoms with Crippen LogP contribution in [0, 0.1) is 0 Å². The van der Waals surface area contributed by atoms with Gasteiger partial charge in [-0.3, -0.25) is 0 Å². The number of carbonyl (C=O) groups is 1. The molecule has 0 aliphatic heterocycles. The Morgan fingerprint density at radius 2 is 2.06 bits per heavy atom. The Kier molecular flexibility index (Phi) is 5.33. The van der Waals surface area contributed by atoms with Crippen LogP contribution < -0.4 is 15.4 Å². The maximum absolute atomic E-state index is 11.7. The van der Waals surface area contributed by atoms with Crippen LogP contribution in [0.5, 0.6) is 5.75 Å². The van der Waals surface area contributed by atoms with Gasteiger partial charge in [-0.1, -0.05) is 19.1 Å². The van der Waals surface area contributed by atoms with E-state index in [1.807, 2.05) is 45.0 Å². The summed E-state index contributed by atoms with van der Waals surface area (Å²) in [5.41, 5.74) is 0.690. The highest BCUT2D eigenvalue weighted by Crippen LogP contribution is 2.23. The number of hydrogen-bond acceptors (Lipinski definition) is 2. The summed E-state index contributed by atoms with van der Waals surface area (Å²) in [4.78, 5) is 11.7. The Balaban J connectivity index is 2.64. The van der Waals surface area contributed by atoms with Gasteiger partial charge in [0.05, 0.1) is 12.3 Å². The average molecular weight is 236 g/mol. The molecule has 17 heavy (non-hydrogen) atoms. The van der Waals surface area contributed by atoms with Gasteiger partial charge in [-0.25, -0.2) is 4.79 Å². The highest BCUT2D eigenvalue weighted by molar-refractivity contribution is 5.91. The van der Waals surface area contributed by atoms with E-state index in [2.05, 4.69) is 10.6 Å². The minimum Gasteiger partial charge on any atom is -0.492 e. The van der Waals surface area contributed by atoms with Gasteiger partial charge in [0.1, 0.15) is 5.75 Å². The normalized spacial score (nSPS) is 11.7. The number of para-hydroxylation sites is 2. The zero-order valence-corrected chi connectivity index (χ0v) is 10.6. The predicted molar refractivity (Wildman–Crippen MR) is 69.5 cm³/mol. The lowest BCUT2D eigenvalue weighted by Crippen LogP contribution is -2.35. The lowest BCUT2D eigenvalue weighted by molar-refractivity contribution is 0.248. The molecule has 0 aliphatic carbocycles. The zero-order valence-electron chi connectivity index (χ0n) is 10.6. The highest BCUT2D eigenvalue weighted by Gasteiger charge is 2.08. The lowest BCUT2D eigenvalue weighted by Gasteiger charge is -2.14. The third-order valence-corrected chi connectivity index (χ3v) is 2.42. The molecule has 1 aromatic rings. The zero-order chi connectivity index (χ0) is 12.7. The van der Waals surface area contributed by atoms with E-state index in [1.165, 1.54) is 0 Å². The Morgan fingerprint density at radius 1 is 1.35 bits per heavy atom. The number of rotatable bonds is 5. The summed E-state index contributed by atoms with van der Waals surface area (Å²) in [5.74, 6) is 0.689. The van der Waals surface area contributed by atoms with Gasteiger partial charge in [-0.2, -0.15) is 0 Å². The fraction of sp³-hybridized carbons (Fsp3) is 0.462. The molecule has 0 heterocycles. The van der Waals surface area contributed by atoms with Crippen molar-refractivity contribution < 1.29 is 9.53 Å². The maximum Gasteiger partial charge on any atom is 0.319 e. The number of amides is 2. The fourth-order valence-electron chi connectivity index (χ4n) is 1.34. The number of anilines is 1. The largest absolute Gasteiger partial charge is 0.492 e. The molecule has 0 radical (unpaired) electrons. The van der Waals surface area contributed by atoms with Crippen molar-refractivity contribution in [1.82, 2.24) is 5.32 Å². The highest BCUT2D eigenvalue weighted by atomic mass is 16.5. The third kappa shape index (κ3) is 4.34. The van der Waals surface area contributed by atoms with E-state index in [-0.39, 0.29) is 12.1 Å². The molecule has 1 aromatic carbocycles. The van der Waals surface area contributed by atoms with Crippen LogP contribution in [0.1, 0.15) is 27.2 Å². The lowest BCUT2D eigenvalue weighted by atomic mass is 10.2. The number of nitrogens with one attached hydrogen (secondary N) is 2. The van der Waals surface area contributed by atoms with Crippen LogP contribution in [0.3, 0.4) is 0 Å². The Morgan fingerprint density at radius 3 is 2.71 bits per heavy atom. The first-order chi connectivity index (χ1) is 8.17. The summed E-state index contributed by atoms with van der Waals surface area (Å²) in [6, 6.07) is 7.36. The number of urea groups is 1. The van der Waals surface area contributed by atoms with Crippen molar-refractivity contribution in [2.75, 3.05) is 11.9 Å². The van der Waals surface area contributed by atoms with Crippen molar-refractivity contribution in [2.24, 2.45) is 0 Å². The van der Waals surface area contributed by atoms with Crippen molar-refractivity contribution in [3.8, 4) is 5.75 Å². The topological polar surface area (TPSA) is 50.4 Å². The second-order valence-electron chi connectivity index (χ2n) is 3.84. The number of ether oxygens (including phenoxy) is 1. The van der Waals surface area contributed by atoms with E-state index in [0.717, 1.165) is 6.42 Å². The van der Waals surface area contributed by atoms with Crippen molar-refractivity contribution in [2.45, 2.75) is 33.2 Å². The van der Waals surface area contributed by atoms with Gasteiger partial charge in [0.2, 0.25) is 0 Å². The predicted octanol–water partition coefficient (Wildman–Crippen LogP) is 3.01. The monoisotopic (exact) mass is 236 g/mol. The molecule has 0 saturated carbocycles. The van der Waals surface area contributed by atoms with Crippen molar-refractivity contribution in [3.63, 3.8) is 0 Å². The van der Waals surface area contributed by atoms with Crippen LogP contribution in [0.15, 0.2) is 24.3 Å². The molecule has 0 aromatic heterocycles. The van der Waals surface area contributed by atoms with E-state index >= 15 is 0 Å². The van der Waals surface area contributed by atoms with Crippen LogP contribution in [-0.4, -0.2) is 18.7 Å². The SMILES string of the molecule is CCOc1ccccc1NC(=O)N[C@@H](C)CC. The quantitative estimate of drug-likeness (QED) is 0.825.